The Morgan fingerprint density at radius 3 is 2.74 bits per heavy atom. The van der Waals surface area contributed by atoms with Crippen LogP contribution in [0, 0.1) is 10.1 Å². The van der Waals surface area contributed by atoms with Crippen LogP contribution in [0.1, 0.15) is 45.2 Å². The molecule has 27 heavy (non-hydrogen) atoms. The first kappa shape index (κ1) is 18.8. The molecule has 2 aromatic heterocycles. The van der Waals surface area contributed by atoms with Gasteiger partial charge in [0.15, 0.2) is 12.3 Å². The van der Waals surface area contributed by atoms with E-state index in [-0.39, 0.29) is 5.76 Å². The summed E-state index contributed by atoms with van der Waals surface area (Å²) < 4.78 is 11.9. The van der Waals surface area contributed by atoms with Crippen LogP contribution in [0.4, 0.5) is 10.9 Å². The fourth-order valence-electron chi connectivity index (χ4n) is 2.81. The summed E-state index contributed by atoms with van der Waals surface area (Å²) in [6.07, 6.45) is 2.57. The van der Waals surface area contributed by atoms with E-state index in [1.807, 2.05) is 6.21 Å². The molecule has 142 valence electrons. The van der Waals surface area contributed by atoms with E-state index >= 15 is 0 Å². The van der Waals surface area contributed by atoms with E-state index < -0.39 is 22.7 Å². The summed E-state index contributed by atoms with van der Waals surface area (Å²) in [6, 6.07) is 2.63. The standard InChI is InChI=1S/C17H17N3O6S/c1-9(2)19-7-6-10-12(8-19)27-16(14(10)17(22)25-3)18-15(21)11-4-5-13(26-11)20(23)24/h4-5,7,9H,6,8H2,1-3H3/p+1. The quantitative estimate of drug-likeness (QED) is 0.362. The van der Waals surface area contributed by atoms with Gasteiger partial charge in [-0.3, -0.25) is 14.9 Å². The number of nitrogens with zero attached hydrogens (tertiary/aromatic N) is 2. The van der Waals surface area contributed by atoms with Crippen molar-refractivity contribution in [3.63, 3.8) is 0 Å². The van der Waals surface area contributed by atoms with Crippen molar-refractivity contribution in [2.24, 2.45) is 0 Å². The molecule has 0 aromatic carbocycles. The van der Waals surface area contributed by atoms with Crippen LogP contribution in [0.25, 0.3) is 0 Å². The van der Waals surface area contributed by atoms with Crippen LogP contribution >= 0.6 is 11.3 Å². The van der Waals surface area contributed by atoms with E-state index in [1.54, 1.807) is 0 Å². The molecule has 0 fully saturated rings. The highest BCUT2D eigenvalue weighted by atomic mass is 32.1. The van der Waals surface area contributed by atoms with Crippen molar-refractivity contribution >= 4 is 40.3 Å². The molecule has 0 spiro atoms. The first-order chi connectivity index (χ1) is 12.8. The summed E-state index contributed by atoms with van der Waals surface area (Å²) in [5.74, 6) is -1.95. The zero-order chi connectivity index (χ0) is 19.7. The SMILES string of the molecule is COC(=O)c1c(NC(=O)c2ccc([N+](=O)[O-])o2)sc2c1CC=[N+](C(C)C)C2. The van der Waals surface area contributed by atoms with Crippen molar-refractivity contribution in [2.75, 3.05) is 12.4 Å². The number of hydrogen-bond acceptors (Lipinski definition) is 7. The van der Waals surface area contributed by atoms with Crippen molar-refractivity contribution < 1.29 is 28.2 Å². The van der Waals surface area contributed by atoms with Crippen LogP contribution in [-0.2, 0) is 17.7 Å². The lowest BCUT2D eigenvalue weighted by molar-refractivity contribution is -0.571. The minimum Gasteiger partial charge on any atom is -0.465 e. The molecule has 1 amide bonds. The Balaban J connectivity index is 1.92. The minimum atomic E-state index is -0.725. The maximum atomic E-state index is 12.4. The van der Waals surface area contributed by atoms with Crippen LogP contribution in [0.3, 0.4) is 0 Å². The van der Waals surface area contributed by atoms with Gasteiger partial charge in [0.1, 0.15) is 22.2 Å². The second kappa shape index (κ2) is 7.31. The number of hydrogen-bond donors (Lipinski definition) is 1. The molecule has 0 aliphatic carbocycles. The molecular weight excluding hydrogens is 374 g/mol. The molecule has 0 saturated heterocycles. The summed E-state index contributed by atoms with van der Waals surface area (Å²) in [4.78, 5) is 35.6. The van der Waals surface area contributed by atoms with Gasteiger partial charge in [0, 0.05) is 0 Å². The van der Waals surface area contributed by atoms with Gasteiger partial charge in [0.05, 0.1) is 30.0 Å². The summed E-state index contributed by atoms with van der Waals surface area (Å²) in [5, 5.41) is 13.7. The second-order valence-corrected chi connectivity index (χ2v) is 7.31. The summed E-state index contributed by atoms with van der Waals surface area (Å²) >= 11 is 1.29. The Bertz CT molecular complexity index is 956. The molecule has 0 saturated carbocycles. The number of rotatable bonds is 5. The fourth-order valence-corrected chi connectivity index (χ4v) is 4.03. The summed E-state index contributed by atoms with van der Waals surface area (Å²) in [6.45, 7) is 4.77. The monoisotopic (exact) mass is 392 g/mol. The number of carbonyl (C=O) groups excluding carboxylic acids is 2. The third-order valence-electron chi connectivity index (χ3n) is 4.22. The van der Waals surface area contributed by atoms with Gasteiger partial charge >= 0.3 is 11.9 Å². The third kappa shape index (κ3) is 3.61. The minimum absolute atomic E-state index is 0.209. The first-order valence-corrected chi connectivity index (χ1v) is 9.01. The highest BCUT2D eigenvalue weighted by Gasteiger charge is 2.31. The van der Waals surface area contributed by atoms with E-state index in [2.05, 4.69) is 23.7 Å². The maximum Gasteiger partial charge on any atom is 0.433 e. The lowest BCUT2D eigenvalue weighted by Crippen LogP contribution is -2.26. The molecule has 9 nitrogen and oxygen atoms in total. The van der Waals surface area contributed by atoms with Crippen molar-refractivity contribution in [1.29, 1.82) is 0 Å². The lowest BCUT2D eigenvalue weighted by atomic mass is 10.0. The third-order valence-corrected chi connectivity index (χ3v) is 5.35. The van der Waals surface area contributed by atoms with Crippen molar-refractivity contribution in [3.8, 4) is 0 Å². The number of ether oxygens (including phenoxy) is 1. The number of fused-ring (bicyclic) bond motifs is 1. The van der Waals surface area contributed by atoms with Gasteiger partial charge in [0.25, 0.3) is 5.91 Å². The van der Waals surface area contributed by atoms with E-state index in [4.69, 9.17) is 9.15 Å². The Kier molecular flexibility index (Phi) is 5.08. The van der Waals surface area contributed by atoms with E-state index in [0.717, 1.165) is 16.5 Å². The van der Waals surface area contributed by atoms with Gasteiger partial charge in [0.2, 0.25) is 0 Å². The highest BCUT2D eigenvalue weighted by molar-refractivity contribution is 7.17. The lowest BCUT2D eigenvalue weighted by Gasteiger charge is -2.12. The molecular formula is C17H18N3O6S+. The number of nitro groups is 1. The molecule has 0 atom stereocenters. The highest BCUT2D eigenvalue weighted by Crippen LogP contribution is 2.36. The number of amides is 1. The molecule has 0 bridgehead atoms. The topological polar surface area (TPSA) is 115 Å². The van der Waals surface area contributed by atoms with Crippen molar-refractivity contribution in [2.45, 2.75) is 32.9 Å². The number of thiophene rings is 1. The van der Waals surface area contributed by atoms with Crippen LogP contribution in [0.2, 0.25) is 0 Å². The van der Waals surface area contributed by atoms with E-state index in [0.29, 0.717) is 29.6 Å². The molecule has 3 heterocycles. The zero-order valence-corrected chi connectivity index (χ0v) is 15.8. The molecule has 1 aliphatic heterocycles. The van der Waals surface area contributed by atoms with Gasteiger partial charge in [-0.05, 0) is 25.5 Å². The smallest absolute Gasteiger partial charge is 0.433 e. The molecule has 1 aliphatic rings. The molecule has 0 radical (unpaired) electrons. The molecule has 3 rings (SSSR count). The molecule has 10 heteroatoms. The van der Waals surface area contributed by atoms with Crippen LogP contribution in [0.15, 0.2) is 16.5 Å². The molecule has 1 N–H and O–H groups in total. The van der Waals surface area contributed by atoms with E-state index in [9.17, 15) is 19.7 Å². The summed E-state index contributed by atoms with van der Waals surface area (Å²) in [5.41, 5.74) is 1.14. The zero-order valence-electron chi connectivity index (χ0n) is 15.0. The first-order valence-electron chi connectivity index (χ1n) is 8.19. The number of esters is 1. The van der Waals surface area contributed by atoms with Gasteiger partial charge in [-0.15, -0.1) is 11.3 Å². The van der Waals surface area contributed by atoms with Crippen molar-refractivity contribution in [3.05, 3.63) is 44.0 Å². The predicted molar refractivity (Wildman–Crippen MR) is 97.8 cm³/mol. The maximum absolute atomic E-state index is 12.4. The average molecular weight is 392 g/mol. The predicted octanol–water partition coefficient (Wildman–Crippen LogP) is 2.84. The number of carbonyl (C=O) groups is 2. The van der Waals surface area contributed by atoms with Gasteiger partial charge < -0.3 is 14.5 Å². The Labute approximate surface area is 158 Å². The summed E-state index contributed by atoms with van der Waals surface area (Å²) in [7, 11) is 1.28. The number of furan rings is 1. The van der Waals surface area contributed by atoms with Gasteiger partial charge in [-0.1, -0.05) is 0 Å². The second-order valence-electron chi connectivity index (χ2n) is 6.20. The van der Waals surface area contributed by atoms with Crippen LogP contribution < -0.4 is 5.32 Å². The number of methoxy groups -OCH3 is 1. The van der Waals surface area contributed by atoms with Crippen LogP contribution in [0.5, 0.6) is 0 Å². The van der Waals surface area contributed by atoms with Crippen LogP contribution in [-0.4, -0.2) is 40.7 Å². The molecule has 2 aromatic rings. The molecule has 0 unspecified atom stereocenters. The fraction of sp³-hybridized carbons (Fsp3) is 0.353. The number of anilines is 1. The largest absolute Gasteiger partial charge is 0.465 e. The van der Waals surface area contributed by atoms with Gasteiger partial charge in [-0.2, -0.15) is 0 Å². The van der Waals surface area contributed by atoms with Gasteiger partial charge in [-0.25, -0.2) is 9.37 Å². The van der Waals surface area contributed by atoms with E-state index in [1.165, 1.54) is 24.5 Å². The average Bonchev–Trinajstić information content (AvgIpc) is 3.25. The normalized spacial score (nSPS) is 13.1. The number of nitrogens with one attached hydrogen (secondary N) is 1. The van der Waals surface area contributed by atoms with Crippen molar-refractivity contribution in [1.82, 2.24) is 0 Å². The Hall–Kier alpha value is -3.01. The Morgan fingerprint density at radius 1 is 1.41 bits per heavy atom. The Morgan fingerprint density at radius 2 is 2.15 bits per heavy atom.